The molecule has 1 rings (SSSR count). The highest BCUT2D eigenvalue weighted by molar-refractivity contribution is 6.32. The summed E-state index contributed by atoms with van der Waals surface area (Å²) >= 11 is 4.92. The molecule has 0 aromatic carbocycles. The average molecular weight is 195 g/mol. The molecule has 0 N–H and O–H groups in total. The van der Waals surface area contributed by atoms with Crippen LogP contribution in [0, 0.1) is 11.3 Å². The topological polar surface area (TPSA) is 36.1 Å². The summed E-state index contributed by atoms with van der Waals surface area (Å²) in [5.41, 5.74) is -1.02. The van der Waals surface area contributed by atoms with Gasteiger partial charge in [-0.1, -0.05) is 11.6 Å². The number of nitriles is 1. The fourth-order valence-electron chi connectivity index (χ4n) is 0.678. The molecule has 64 valence electrons. The number of hydrogen-bond acceptors (Lipinski definition) is 2. The fraction of sp³-hybridized carbons (Fsp3) is 0.333. The first-order valence-electron chi connectivity index (χ1n) is 2.86. The first-order valence-corrected chi connectivity index (χ1v) is 3.23. The van der Waals surface area contributed by atoms with Crippen molar-refractivity contribution in [2.24, 2.45) is 4.99 Å². The molecular formula is C6H2ClF3N2. The molecule has 0 saturated heterocycles. The highest BCUT2D eigenvalue weighted by Gasteiger charge is 2.43. The van der Waals surface area contributed by atoms with Crippen molar-refractivity contribution in [3.63, 3.8) is 0 Å². The molecule has 0 saturated carbocycles. The molecule has 1 aliphatic heterocycles. The molecule has 0 amide bonds. The summed E-state index contributed by atoms with van der Waals surface area (Å²) in [6.07, 6.45) is -2.21. The molecule has 0 radical (unpaired) electrons. The molecule has 6 heteroatoms. The smallest absolute Gasteiger partial charge is 0.236 e. The standard InChI is InChI=1S/C6H2ClF3N2/c7-6(10)2-12-5(9)3(1-11)4(6)8/h2,4H. The summed E-state index contributed by atoms with van der Waals surface area (Å²) in [5, 5.41) is 5.26. The Bertz CT molecular complexity index is 302. The van der Waals surface area contributed by atoms with Gasteiger partial charge in [0, 0.05) is 0 Å². The molecule has 2 atom stereocenters. The molecule has 12 heavy (non-hydrogen) atoms. The van der Waals surface area contributed by atoms with E-state index in [1.54, 1.807) is 0 Å². The maximum absolute atomic E-state index is 12.8. The predicted molar refractivity (Wildman–Crippen MR) is 36.8 cm³/mol. The minimum absolute atomic E-state index is 0.287. The Kier molecular flexibility index (Phi) is 2.11. The van der Waals surface area contributed by atoms with E-state index in [4.69, 9.17) is 16.9 Å². The number of hydrogen-bond donors (Lipinski definition) is 0. The summed E-state index contributed by atoms with van der Waals surface area (Å²) in [5.74, 6) is -1.33. The molecule has 1 heterocycles. The summed E-state index contributed by atoms with van der Waals surface area (Å²) in [6.45, 7) is 0. The van der Waals surface area contributed by atoms with E-state index >= 15 is 0 Å². The van der Waals surface area contributed by atoms with E-state index in [1.807, 2.05) is 0 Å². The number of nitrogens with zero attached hydrogens (tertiary/aromatic N) is 2. The van der Waals surface area contributed by atoms with Gasteiger partial charge in [-0.2, -0.15) is 9.65 Å². The van der Waals surface area contributed by atoms with Gasteiger partial charge in [0.25, 0.3) is 5.13 Å². The lowest BCUT2D eigenvalue weighted by Gasteiger charge is -2.19. The summed E-state index contributed by atoms with van der Waals surface area (Å²) in [6, 6.07) is 1.15. The molecule has 0 aliphatic carbocycles. The Morgan fingerprint density at radius 1 is 1.75 bits per heavy atom. The maximum Gasteiger partial charge on any atom is 0.254 e. The van der Waals surface area contributed by atoms with Gasteiger partial charge in [-0.25, -0.2) is 13.8 Å². The molecule has 2 nitrogen and oxygen atoms in total. The lowest BCUT2D eigenvalue weighted by Crippen LogP contribution is -2.34. The van der Waals surface area contributed by atoms with E-state index in [9.17, 15) is 13.2 Å². The second kappa shape index (κ2) is 2.79. The van der Waals surface area contributed by atoms with E-state index in [-0.39, 0.29) is 6.21 Å². The molecular weight excluding hydrogens is 193 g/mol. The third kappa shape index (κ3) is 1.30. The van der Waals surface area contributed by atoms with E-state index in [1.165, 1.54) is 0 Å². The highest BCUT2D eigenvalue weighted by Crippen LogP contribution is 2.33. The molecule has 0 spiro atoms. The Balaban J connectivity index is 3.12. The monoisotopic (exact) mass is 194 g/mol. The van der Waals surface area contributed by atoms with Crippen LogP contribution >= 0.6 is 11.6 Å². The molecule has 1 aliphatic rings. The van der Waals surface area contributed by atoms with Gasteiger partial charge in [-0.05, 0) is 0 Å². The lowest BCUT2D eigenvalue weighted by molar-refractivity contribution is 0.216. The van der Waals surface area contributed by atoms with Crippen molar-refractivity contribution in [2.45, 2.75) is 11.3 Å². The Morgan fingerprint density at radius 3 is 2.75 bits per heavy atom. The van der Waals surface area contributed by atoms with Gasteiger partial charge >= 0.3 is 0 Å². The van der Waals surface area contributed by atoms with Crippen LogP contribution < -0.4 is 0 Å². The van der Waals surface area contributed by atoms with Crippen LogP contribution in [-0.2, 0) is 0 Å². The number of alkyl halides is 3. The van der Waals surface area contributed by atoms with E-state index in [0.717, 1.165) is 6.07 Å². The highest BCUT2D eigenvalue weighted by atomic mass is 35.5. The lowest BCUT2D eigenvalue weighted by atomic mass is 10.1. The summed E-state index contributed by atoms with van der Waals surface area (Å²) in [4.78, 5) is 2.80. The third-order valence-corrected chi connectivity index (χ3v) is 1.57. The van der Waals surface area contributed by atoms with E-state index in [2.05, 4.69) is 4.99 Å². The summed E-state index contributed by atoms with van der Waals surface area (Å²) in [7, 11) is 0. The Labute approximate surface area is 71.0 Å². The number of aliphatic imine (C=N–C) groups is 1. The van der Waals surface area contributed by atoms with Crippen LogP contribution in [0.2, 0.25) is 0 Å². The fourth-order valence-corrected chi connectivity index (χ4v) is 0.835. The van der Waals surface area contributed by atoms with Gasteiger partial charge in [0.15, 0.2) is 6.17 Å². The zero-order valence-electron chi connectivity index (χ0n) is 5.56. The zero-order valence-corrected chi connectivity index (χ0v) is 6.32. The van der Waals surface area contributed by atoms with E-state index in [0.29, 0.717) is 0 Å². The number of allylic oxidation sites excluding steroid dienone is 1. The van der Waals surface area contributed by atoms with Gasteiger partial charge in [-0.15, -0.1) is 0 Å². The number of halogens is 4. The minimum atomic E-state index is -2.92. The van der Waals surface area contributed by atoms with Crippen molar-refractivity contribution in [1.29, 1.82) is 5.26 Å². The molecule has 0 aromatic heterocycles. The molecule has 0 bridgehead atoms. The van der Waals surface area contributed by atoms with Gasteiger partial charge in [0.05, 0.1) is 6.21 Å². The molecule has 2 unspecified atom stereocenters. The third-order valence-electron chi connectivity index (χ3n) is 1.28. The van der Waals surface area contributed by atoms with Gasteiger partial charge < -0.3 is 0 Å². The van der Waals surface area contributed by atoms with Crippen molar-refractivity contribution in [3.8, 4) is 6.07 Å². The van der Waals surface area contributed by atoms with Crippen molar-refractivity contribution in [3.05, 3.63) is 11.5 Å². The molecule has 0 fully saturated rings. The van der Waals surface area contributed by atoms with Crippen LogP contribution in [-0.4, -0.2) is 17.5 Å². The first kappa shape index (κ1) is 9.07. The van der Waals surface area contributed by atoms with Crippen molar-refractivity contribution in [2.75, 3.05) is 0 Å². The zero-order chi connectivity index (χ0) is 9.35. The van der Waals surface area contributed by atoms with E-state index < -0.39 is 22.8 Å². The van der Waals surface area contributed by atoms with Crippen LogP contribution in [0.4, 0.5) is 13.2 Å². The number of rotatable bonds is 0. The average Bonchev–Trinajstić information content (AvgIpc) is 2.00. The SMILES string of the molecule is N#CC1=C(F)N=CC(F)(Cl)C1F. The van der Waals surface area contributed by atoms with Crippen molar-refractivity contribution < 1.29 is 13.2 Å². The minimum Gasteiger partial charge on any atom is -0.236 e. The maximum atomic E-state index is 12.8. The van der Waals surface area contributed by atoms with Gasteiger partial charge in [-0.3, -0.25) is 0 Å². The van der Waals surface area contributed by atoms with Crippen LogP contribution in [0.5, 0.6) is 0 Å². The second-order valence-electron chi connectivity index (χ2n) is 2.11. The van der Waals surface area contributed by atoms with Crippen LogP contribution in [0.15, 0.2) is 16.5 Å². The van der Waals surface area contributed by atoms with Crippen molar-refractivity contribution >= 4 is 17.8 Å². The predicted octanol–water partition coefficient (Wildman–Crippen LogP) is 2.02. The van der Waals surface area contributed by atoms with Crippen molar-refractivity contribution in [1.82, 2.24) is 0 Å². The van der Waals surface area contributed by atoms with Crippen LogP contribution in [0.1, 0.15) is 0 Å². The second-order valence-corrected chi connectivity index (χ2v) is 2.69. The molecule has 0 aromatic rings. The van der Waals surface area contributed by atoms with Crippen LogP contribution in [0.3, 0.4) is 0 Å². The first-order chi connectivity index (χ1) is 5.49. The normalized spacial score (nSPS) is 35.1. The largest absolute Gasteiger partial charge is 0.254 e. The van der Waals surface area contributed by atoms with Gasteiger partial charge in [0.1, 0.15) is 11.6 Å². The Hall–Kier alpha value is -1.02. The summed E-state index contributed by atoms with van der Waals surface area (Å²) < 4.78 is 38.0. The van der Waals surface area contributed by atoms with Gasteiger partial charge in [0.2, 0.25) is 5.95 Å². The Morgan fingerprint density at radius 2 is 2.33 bits per heavy atom. The quantitative estimate of drug-likeness (QED) is 0.429. The van der Waals surface area contributed by atoms with Crippen LogP contribution in [0.25, 0.3) is 0 Å².